The molecule has 1 amide bonds. The van der Waals surface area contributed by atoms with Crippen molar-refractivity contribution in [1.29, 1.82) is 0 Å². The zero-order valence-electron chi connectivity index (χ0n) is 24.2. The molecule has 6 rings (SSSR count). The highest BCUT2D eigenvalue weighted by atomic mass is 16.5. The molecule has 5 aromatic rings. The number of fused-ring (bicyclic) bond motifs is 1. The number of carbonyl (C=O) groups excluding carboxylic acids is 1. The smallest absolute Gasteiger partial charge is 0.264 e. The molecule has 0 radical (unpaired) electrons. The van der Waals surface area contributed by atoms with E-state index in [0.717, 1.165) is 66.4 Å². The molecule has 0 bridgehead atoms. The molecular weight excluding hydrogens is 544 g/mol. The first-order valence-corrected chi connectivity index (χ1v) is 14.3. The second-order valence-electron chi connectivity index (χ2n) is 10.6. The molecule has 3 N–H and O–H groups in total. The Hall–Kier alpha value is -5.03. The van der Waals surface area contributed by atoms with Crippen molar-refractivity contribution in [2.75, 3.05) is 37.4 Å². The van der Waals surface area contributed by atoms with Crippen LogP contribution in [0.25, 0.3) is 22.6 Å². The van der Waals surface area contributed by atoms with Gasteiger partial charge < -0.3 is 19.8 Å². The standard InChI is InChI=1S/C32H34N8O3/c1-21-18-35-31-29(28(21)36-24-12-16-40(17-13-24)19-22-4-8-25(42-2)9-5-22)38-30(39-31)23-6-10-26(11-7-23)43-20-27(41)37-32-33-14-3-15-34-32/h3-11,14-15,18,24H,12-13,16-17,19-20H2,1-2H3,(H,33,34,37,41)(H2,35,36,38,39). The minimum atomic E-state index is -0.336. The van der Waals surface area contributed by atoms with Crippen molar-refractivity contribution in [3.8, 4) is 22.9 Å². The number of aromatic nitrogens is 5. The molecule has 1 fully saturated rings. The number of nitrogens with one attached hydrogen (secondary N) is 3. The van der Waals surface area contributed by atoms with Crippen LogP contribution in [0.5, 0.6) is 11.5 Å². The van der Waals surface area contributed by atoms with Crippen LogP contribution in [0.1, 0.15) is 24.0 Å². The Morgan fingerprint density at radius 3 is 2.44 bits per heavy atom. The SMILES string of the molecule is COc1ccc(CN2CCC(Nc3c(C)cnc4nc(-c5ccc(OCC(=O)Nc6ncccn6)cc5)[nH]c34)CC2)cc1. The van der Waals surface area contributed by atoms with Crippen LogP contribution in [0.4, 0.5) is 11.6 Å². The number of carbonyl (C=O) groups is 1. The first-order chi connectivity index (χ1) is 21.0. The van der Waals surface area contributed by atoms with Crippen LogP contribution in [0.2, 0.25) is 0 Å². The maximum atomic E-state index is 12.1. The number of amides is 1. The number of hydrogen-bond acceptors (Lipinski definition) is 9. The highest BCUT2D eigenvalue weighted by molar-refractivity contribution is 5.90. The minimum Gasteiger partial charge on any atom is -0.497 e. The first kappa shape index (κ1) is 28.1. The summed E-state index contributed by atoms with van der Waals surface area (Å²) in [5.74, 6) is 2.08. The van der Waals surface area contributed by atoms with E-state index >= 15 is 0 Å². The molecule has 0 atom stereocenters. The summed E-state index contributed by atoms with van der Waals surface area (Å²) >= 11 is 0. The van der Waals surface area contributed by atoms with Crippen LogP contribution in [-0.2, 0) is 11.3 Å². The zero-order chi connectivity index (χ0) is 29.6. The number of aromatic amines is 1. The van der Waals surface area contributed by atoms with Gasteiger partial charge in [0.2, 0.25) is 5.95 Å². The fourth-order valence-electron chi connectivity index (χ4n) is 5.19. The number of pyridine rings is 1. The van der Waals surface area contributed by atoms with E-state index in [0.29, 0.717) is 17.4 Å². The summed E-state index contributed by atoms with van der Waals surface area (Å²) in [7, 11) is 1.69. The Bertz CT molecular complexity index is 1670. The van der Waals surface area contributed by atoms with Crippen LogP contribution in [-0.4, -0.2) is 68.6 Å². The lowest BCUT2D eigenvalue weighted by atomic mass is 10.0. The van der Waals surface area contributed by atoms with E-state index in [2.05, 4.69) is 54.5 Å². The molecule has 0 spiro atoms. The number of rotatable bonds is 10. The highest BCUT2D eigenvalue weighted by Gasteiger charge is 2.22. The molecule has 1 aliphatic heterocycles. The maximum Gasteiger partial charge on any atom is 0.264 e. The van der Waals surface area contributed by atoms with E-state index in [4.69, 9.17) is 14.5 Å². The first-order valence-electron chi connectivity index (χ1n) is 14.3. The number of benzene rings is 2. The van der Waals surface area contributed by atoms with Crippen LogP contribution >= 0.6 is 0 Å². The van der Waals surface area contributed by atoms with E-state index in [9.17, 15) is 4.79 Å². The van der Waals surface area contributed by atoms with Crippen LogP contribution in [0.15, 0.2) is 73.2 Å². The van der Waals surface area contributed by atoms with Crippen LogP contribution in [0, 0.1) is 6.92 Å². The van der Waals surface area contributed by atoms with E-state index < -0.39 is 0 Å². The third-order valence-electron chi connectivity index (χ3n) is 7.53. The van der Waals surface area contributed by atoms with Crippen molar-refractivity contribution < 1.29 is 14.3 Å². The Balaban J connectivity index is 1.06. The van der Waals surface area contributed by atoms with Gasteiger partial charge in [-0.1, -0.05) is 12.1 Å². The average molecular weight is 579 g/mol. The quantitative estimate of drug-likeness (QED) is 0.213. The van der Waals surface area contributed by atoms with Crippen molar-refractivity contribution in [3.05, 3.63) is 84.3 Å². The molecule has 1 aliphatic rings. The van der Waals surface area contributed by atoms with Crippen molar-refractivity contribution >= 4 is 28.7 Å². The topological polar surface area (TPSA) is 130 Å². The summed E-state index contributed by atoms with van der Waals surface area (Å²) in [4.78, 5) is 35.4. The number of piperidine rings is 1. The molecule has 11 nitrogen and oxygen atoms in total. The summed E-state index contributed by atoms with van der Waals surface area (Å²) in [6, 6.07) is 17.8. The molecule has 3 aromatic heterocycles. The van der Waals surface area contributed by atoms with E-state index in [1.54, 1.807) is 25.6 Å². The van der Waals surface area contributed by atoms with E-state index in [1.807, 2.05) is 42.6 Å². The van der Waals surface area contributed by atoms with Crippen molar-refractivity contribution in [3.63, 3.8) is 0 Å². The molecule has 0 saturated carbocycles. The van der Waals surface area contributed by atoms with Crippen molar-refractivity contribution in [1.82, 2.24) is 29.8 Å². The number of aryl methyl sites for hydroxylation is 1. The summed E-state index contributed by atoms with van der Waals surface area (Å²) in [6.45, 7) is 4.92. The molecule has 0 unspecified atom stereocenters. The number of imidazole rings is 1. The van der Waals surface area contributed by atoms with Gasteiger partial charge in [0, 0.05) is 49.8 Å². The summed E-state index contributed by atoms with van der Waals surface area (Å²) in [5.41, 5.74) is 5.88. The van der Waals surface area contributed by atoms with Crippen LogP contribution in [0.3, 0.4) is 0 Å². The largest absolute Gasteiger partial charge is 0.497 e. The normalized spacial score (nSPS) is 14.0. The Morgan fingerprint density at radius 2 is 1.72 bits per heavy atom. The molecule has 11 heteroatoms. The van der Waals surface area contributed by atoms with Crippen LogP contribution < -0.4 is 20.1 Å². The monoisotopic (exact) mass is 578 g/mol. The fourth-order valence-corrected chi connectivity index (χ4v) is 5.19. The second kappa shape index (κ2) is 12.9. The van der Waals surface area contributed by atoms with Crippen molar-refractivity contribution in [2.24, 2.45) is 0 Å². The van der Waals surface area contributed by atoms with Gasteiger partial charge in [0.05, 0.1) is 12.8 Å². The maximum absolute atomic E-state index is 12.1. The number of nitrogens with zero attached hydrogens (tertiary/aromatic N) is 5. The lowest BCUT2D eigenvalue weighted by molar-refractivity contribution is -0.118. The van der Waals surface area contributed by atoms with Gasteiger partial charge in [0.25, 0.3) is 5.91 Å². The Kier molecular flexibility index (Phi) is 8.41. The minimum absolute atomic E-state index is 0.152. The third kappa shape index (κ3) is 6.90. The predicted octanol–water partition coefficient (Wildman–Crippen LogP) is 4.83. The number of ether oxygens (including phenoxy) is 2. The summed E-state index contributed by atoms with van der Waals surface area (Å²) in [5, 5.41) is 6.39. The van der Waals surface area contributed by atoms with E-state index in [-0.39, 0.29) is 18.5 Å². The molecular formula is C32H34N8O3. The molecule has 0 aliphatic carbocycles. The number of hydrogen-bond donors (Lipinski definition) is 3. The molecule has 1 saturated heterocycles. The van der Waals surface area contributed by atoms with Gasteiger partial charge in [-0.05, 0) is 73.4 Å². The fraction of sp³-hybridized carbons (Fsp3) is 0.281. The lowest BCUT2D eigenvalue weighted by Crippen LogP contribution is -2.38. The number of likely N-dealkylation sites (tertiary alicyclic amines) is 1. The Labute approximate surface area is 249 Å². The van der Waals surface area contributed by atoms with Gasteiger partial charge in [-0.3, -0.25) is 15.0 Å². The number of H-pyrrole nitrogens is 1. The average Bonchev–Trinajstić information content (AvgIpc) is 3.48. The number of methoxy groups -OCH3 is 1. The van der Waals surface area contributed by atoms with Gasteiger partial charge in [-0.25, -0.2) is 19.9 Å². The second-order valence-corrected chi connectivity index (χ2v) is 10.6. The van der Waals surface area contributed by atoms with Gasteiger partial charge in [0.15, 0.2) is 12.3 Å². The molecule has 220 valence electrons. The molecule has 4 heterocycles. The lowest BCUT2D eigenvalue weighted by Gasteiger charge is -2.33. The molecule has 43 heavy (non-hydrogen) atoms. The van der Waals surface area contributed by atoms with Gasteiger partial charge in [0.1, 0.15) is 22.8 Å². The van der Waals surface area contributed by atoms with Gasteiger partial charge >= 0.3 is 0 Å². The number of anilines is 2. The summed E-state index contributed by atoms with van der Waals surface area (Å²) < 4.78 is 10.9. The van der Waals surface area contributed by atoms with Crippen molar-refractivity contribution in [2.45, 2.75) is 32.4 Å². The summed E-state index contributed by atoms with van der Waals surface area (Å²) in [6.07, 6.45) is 7.10. The predicted molar refractivity (Wildman–Crippen MR) is 165 cm³/mol. The van der Waals surface area contributed by atoms with Gasteiger partial charge in [-0.2, -0.15) is 0 Å². The third-order valence-corrected chi connectivity index (χ3v) is 7.53. The van der Waals surface area contributed by atoms with Gasteiger partial charge in [-0.15, -0.1) is 0 Å². The molecule has 2 aromatic carbocycles. The van der Waals surface area contributed by atoms with E-state index in [1.165, 1.54) is 5.56 Å². The Morgan fingerprint density at radius 1 is 1.00 bits per heavy atom. The zero-order valence-corrected chi connectivity index (χ0v) is 24.2. The highest BCUT2D eigenvalue weighted by Crippen LogP contribution is 2.30.